The quantitative estimate of drug-likeness (QED) is 0.296. The Morgan fingerprint density at radius 3 is 2.10 bits per heavy atom. The van der Waals surface area contributed by atoms with E-state index < -0.39 is 55.6 Å². The molecule has 0 aliphatic rings. The van der Waals surface area contributed by atoms with E-state index in [-0.39, 0.29) is 5.75 Å². The third-order valence-electron chi connectivity index (χ3n) is 3.46. The molecular formula is C16H13ClF8O4. The number of carbonyl (C=O) groups is 2. The summed E-state index contributed by atoms with van der Waals surface area (Å²) in [5, 5.41) is 0.348. The van der Waals surface area contributed by atoms with Crippen LogP contribution in [0.1, 0.15) is 18.4 Å². The molecule has 0 saturated heterocycles. The standard InChI is InChI=1S/C16H13ClF8O4/c1-8-6-9(17)2-3-10(8)29-12(27)5-4-11(26)28-7-14(20,21)16(24,25)15(22,23)13(18)19/h2-3,6,13H,4-5,7H2,1H3. The summed E-state index contributed by atoms with van der Waals surface area (Å²) in [6, 6.07) is 4.18. The zero-order valence-corrected chi connectivity index (χ0v) is 15.2. The highest BCUT2D eigenvalue weighted by Gasteiger charge is 2.75. The second kappa shape index (κ2) is 9.14. The van der Waals surface area contributed by atoms with Crippen LogP contribution in [-0.4, -0.2) is 42.7 Å². The minimum atomic E-state index is -6.49. The van der Waals surface area contributed by atoms with Crippen LogP contribution in [0.4, 0.5) is 35.1 Å². The van der Waals surface area contributed by atoms with E-state index in [0.29, 0.717) is 10.6 Å². The number of halogens is 9. The molecule has 0 fully saturated rings. The number of benzene rings is 1. The fraction of sp³-hybridized carbons (Fsp3) is 0.500. The van der Waals surface area contributed by atoms with Crippen molar-refractivity contribution in [1.29, 1.82) is 0 Å². The zero-order chi connectivity index (χ0) is 22.6. The molecule has 1 aromatic rings. The van der Waals surface area contributed by atoms with E-state index in [9.17, 15) is 44.7 Å². The Labute approximate surface area is 163 Å². The van der Waals surface area contributed by atoms with Crippen molar-refractivity contribution in [2.75, 3.05) is 6.61 Å². The molecule has 0 saturated carbocycles. The molecule has 0 radical (unpaired) electrons. The number of ether oxygens (including phenoxy) is 2. The molecule has 0 spiro atoms. The minimum Gasteiger partial charge on any atom is -0.459 e. The molecule has 0 N–H and O–H groups in total. The number of alkyl halides is 8. The molecule has 4 nitrogen and oxygen atoms in total. The molecule has 0 aliphatic heterocycles. The Bertz CT molecular complexity index is 754. The van der Waals surface area contributed by atoms with Crippen LogP contribution >= 0.6 is 11.6 Å². The molecule has 0 aliphatic carbocycles. The molecular weight excluding hydrogens is 444 g/mol. The van der Waals surface area contributed by atoms with Crippen molar-refractivity contribution < 1.29 is 54.2 Å². The Hall–Kier alpha value is -2.11. The summed E-state index contributed by atoms with van der Waals surface area (Å²) in [6.07, 6.45) is -6.72. The first-order valence-electron chi connectivity index (χ1n) is 7.66. The number of esters is 2. The lowest BCUT2D eigenvalue weighted by Gasteiger charge is -2.31. The number of hydrogen-bond donors (Lipinski definition) is 0. The van der Waals surface area contributed by atoms with Gasteiger partial charge in [-0.25, -0.2) is 8.78 Å². The zero-order valence-electron chi connectivity index (χ0n) is 14.5. The maximum atomic E-state index is 13.2. The van der Waals surface area contributed by atoms with E-state index in [4.69, 9.17) is 16.3 Å². The predicted octanol–water partition coefficient (Wildman–Crippen LogP) is 5.05. The van der Waals surface area contributed by atoms with Crippen LogP contribution in [-0.2, 0) is 14.3 Å². The number of rotatable bonds is 9. The monoisotopic (exact) mass is 456 g/mol. The second-order valence-electron chi connectivity index (χ2n) is 5.75. The Morgan fingerprint density at radius 2 is 1.59 bits per heavy atom. The van der Waals surface area contributed by atoms with Crippen LogP contribution in [0.2, 0.25) is 5.02 Å². The van der Waals surface area contributed by atoms with Crippen LogP contribution < -0.4 is 4.74 Å². The Kier molecular flexibility index (Phi) is 7.86. The van der Waals surface area contributed by atoms with E-state index in [1.165, 1.54) is 18.2 Å². The second-order valence-corrected chi connectivity index (χ2v) is 6.18. The largest absolute Gasteiger partial charge is 0.459 e. The maximum absolute atomic E-state index is 13.2. The van der Waals surface area contributed by atoms with Gasteiger partial charge < -0.3 is 9.47 Å². The molecule has 13 heteroatoms. The summed E-state index contributed by atoms with van der Waals surface area (Å²) in [6.45, 7) is -1.05. The molecule has 0 heterocycles. The Morgan fingerprint density at radius 1 is 1.03 bits per heavy atom. The predicted molar refractivity (Wildman–Crippen MR) is 82.9 cm³/mol. The van der Waals surface area contributed by atoms with Crippen molar-refractivity contribution in [3.8, 4) is 5.75 Å². The highest BCUT2D eigenvalue weighted by Crippen LogP contribution is 2.48. The molecule has 29 heavy (non-hydrogen) atoms. The third-order valence-corrected chi connectivity index (χ3v) is 3.70. The van der Waals surface area contributed by atoms with Crippen LogP contribution in [0.5, 0.6) is 5.75 Å². The average Bonchev–Trinajstić information content (AvgIpc) is 2.60. The summed E-state index contributed by atoms with van der Waals surface area (Å²) < 4.78 is 110. The van der Waals surface area contributed by atoms with Gasteiger partial charge in [0, 0.05) is 5.02 Å². The van der Waals surface area contributed by atoms with Gasteiger partial charge in [0.15, 0.2) is 6.61 Å². The molecule has 164 valence electrons. The van der Waals surface area contributed by atoms with Crippen molar-refractivity contribution in [2.24, 2.45) is 0 Å². The van der Waals surface area contributed by atoms with Crippen molar-refractivity contribution in [2.45, 2.75) is 44.0 Å². The van der Waals surface area contributed by atoms with E-state index in [0.717, 1.165) is 0 Å². The third kappa shape index (κ3) is 5.94. The first-order valence-corrected chi connectivity index (χ1v) is 8.03. The van der Waals surface area contributed by atoms with Crippen molar-refractivity contribution in [3.63, 3.8) is 0 Å². The normalized spacial score (nSPS) is 12.8. The summed E-state index contributed by atoms with van der Waals surface area (Å²) >= 11 is 5.70. The minimum absolute atomic E-state index is 0.0770. The van der Waals surface area contributed by atoms with Gasteiger partial charge in [0.25, 0.3) is 0 Å². The molecule has 0 atom stereocenters. The topological polar surface area (TPSA) is 52.6 Å². The van der Waals surface area contributed by atoms with Crippen LogP contribution in [0.3, 0.4) is 0 Å². The van der Waals surface area contributed by atoms with E-state index in [2.05, 4.69) is 4.74 Å². The summed E-state index contributed by atoms with van der Waals surface area (Å²) in [4.78, 5) is 22.9. The van der Waals surface area contributed by atoms with E-state index >= 15 is 0 Å². The van der Waals surface area contributed by atoms with E-state index in [1.807, 2.05) is 0 Å². The first kappa shape index (κ1) is 24.9. The number of carbonyl (C=O) groups excluding carboxylic acids is 2. The molecule has 1 aromatic carbocycles. The van der Waals surface area contributed by atoms with Crippen LogP contribution in [0.25, 0.3) is 0 Å². The smallest absolute Gasteiger partial charge is 0.381 e. The first-order chi connectivity index (χ1) is 13.1. The van der Waals surface area contributed by atoms with Crippen LogP contribution in [0.15, 0.2) is 18.2 Å². The SMILES string of the molecule is Cc1cc(Cl)ccc1OC(=O)CCC(=O)OCC(F)(F)C(F)(F)C(F)(F)C(F)F. The van der Waals surface area contributed by atoms with Crippen molar-refractivity contribution in [3.05, 3.63) is 28.8 Å². The summed E-state index contributed by atoms with van der Waals surface area (Å²) in [5.41, 5.74) is 0.454. The molecule has 0 aromatic heterocycles. The number of hydrogen-bond acceptors (Lipinski definition) is 4. The van der Waals surface area contributed by atoms with Gasteiger partial charge in [0.05, 0.1) is 12.8 Å². The van der Waals surface area contributed by atoms with Gasteiger partial charge in [-0.2, -0.15) is 26.3 Å². The van der Waals surface area contributed by atoms with Gasteiger partial charge in [0.2, 0.25) is 0 Å². The van der Waals surface area contributed by atoms with Crippen molar-refractivity contribution in [1.82, 2.24) is 0 Å². The maximum Gasteiger partial charge on any atom is 0.381 e. The molecule has 0 unspecified atom stereocenters. The number of aryl methyl sites for hydroxylation is 1. The molecule has 1 rings (SSSR count). The van der Waals surface area contributed by atoms with Gasteiger partial charge in [0.1, 0.15) is 5.75 Å². The van der Waals surface area contributed by atoms with Gasteiger partial charge in [-0.05, 0) is 30.7 Å². The van der Waals surface area contributed by atoms with Gasteiger partial charge in [-0.3, -0.25) is 9.59 Å². The van der Waals surface area contributed by atoms with Crippen molar-refractivity contribution >= 4 is 23.5 Å². The lowest BCUT2D eigenvalue weighted by molar-refractivity contribution is -0.344. The van der Waals surface area contributed by atoms with Crippen LogP contribution in [0, 0.1) is 6.92 Å². The summed E-state index contributed by atoms with van der Waals surface area (Å²) in [7, 11) is 0. The fourth-order valence-corrected chi connectivity index (χ4v) is 2.05. The Balaban J connectivity index is 2.59. The van der Waals surface area contributed by atoms with E-state index in [1.54, 1.807) is 6.92 Å². The molecule has 0 amide bonds. The van der Waals surface area contributed by atoms with Gasteiger partial charge in [-0.15, -0.1) is 0 Å². The highest BCUT2D eigenvalue weighted by atomic mass is 35.5. The lowest BCUT2D eigenvalue weighted by atomic mass is 10.1. The fourth-order valence-electron chi connectivity index (χ4n) is 1.82. The average molecular weight is 457 g/mol. The van der Waals surface area contributed by atoms with Gasteiger partial charge >= 0.3 is 36.1 Å². The summed E-state index contributed by atoms with van der Waals surface area (Å²) in [5.74, 6) is -21.2. The highest BCUT2D eigenvalue weighted by molar-refractivity contribution is 6.30. The molecule has 0 bridgehead atoms. The van der Waals surface area contributed by atoms with Gasteiger partial charge in [-0.1, -0.05) is 11.6 Å². The lowest BCUT2D eigenvalue weighted by Crippen LogP contribution is -2.59.